The van der Waals surface area contributed by atoms with Gasteiger partial charge in [0.1, 0.15) is 18.8 Å². The van der Waals surface area contributed by atoms with E-state index in [4.69, 9.17) is 43.1 Å². The van der Waals surface area contributed by atoms with Crippen LogP contribution in [0.5, 0.6) is 11.5 Å². The van der Waals surface area contributed by atoms with Crippen molar-refractivity contribution in [2.75, 3.05) is 51.9 Å². The molecule has 10 nitrogen and oxygen atoms in total. The Balaban J connectivity index is 1.48. The first-order valence-corrected chi connectivity index (χ1v) is 11.9. The zero-order valence-electron chi connectivity index (χ0n) is 19.6. The van der Waals surface area contributed by atoms with Crippen LogP contribution >= 0.6 is 23.2 Å². The summed E-state index contributed by atoms with van der Waals surface area (Å²) in [5, 5.41) is 14.4. The van der Waals surface area contributed by atoms with Gasteiger partial charge in [0, 0.05) is 30.2 Å². The van der Waals surface area contributed by atoms with Crippen molar-refractivity contribution in [1.29, 1.82) is 5.26 Å². The molecule has 2 heterocycles. The molecule has 0 radical (unpaired) electrons. The molecule has 4 rings (SSSR count). The Labute approximate surface area is 218 Å². The molecule has 1 aliphatic heterocycles. The normalized spacial score (nSPS) is 14.8. The van der Waals surface area contributed by atoms with Crippen LogP contribution in [0.3, 0.4) is 0 Å². The van der Waals surface area contributed by atoms with Gasteiger partial charge in [0.05, 0.1) is 54.4 Å². The molecule has 3 aromatic rings. The number of rotatable bonds is 8. The van der Waals surface area contributed by atoms with Crippen LogP contribution in [0.25, 0.3) is 10.9 Å². The number of morpholine rings is 1. The van der Waals surface area contributed by atoms with E-state index in [2.05, 4.69) is 26.3 Å². The van der Waals surface area contributed by atoms with Crippen LogP contribution in [-0.4, -0.2) is 67.4 Å². The summed E-state index contributed by atoms with van der Waals surface area (Å²) in [4.78, 5) is 15.0. The van der Waals surface area contributed by atoms with E-state index in [-0.39, 0.29) is 13.2 Å². The zero-order valence-corrected chi connectivity index (χ0v) is 21.1. The summed E-state index contributed by atoms with van der Waals surface area (Å²) in [6, 6.07) is 11.0. The molecule has 36 heavy (non-hydrogen) atoms. The van der Waals surface area contributed by atoms with Crippen molar-refractivity contribution in [3.05, 3.63) is 46.7 Å². The molecule has 0 amide bonds. The third kappa shape index (κ3) is 6.18. The van der Waals surface area contributed by atoms with E-state index in [0.29, 0.717) is 70.5 Å². The lowest BCUT2D eigenvalue weighted by Gasteiger charge is -2.27. The van der Waals surface area contributed by atoms with Crippen molar-refractivity contribution in [3.63, 3.8) is 0 Å². The van der Waals surface area contributed by atoms with Gasteiger partial charge in [-0.3, -0.25) is 4.99 Å². The molecule has 188 valence electrons. The first-order chi connectivity index (χ1) is 17.5. The first kappa shape index (κ1) is 25.6. The van der Waals surface area contributed by atoms with Crippen molar-refractivity contribution in [2.45, 2.75) is 0 Å². The van der Waals surface area contributed by atoms with E-state index >= 15 is 0 Å². The van der Waals surface area contributed by atoms with E-state index in [1.165, 1.54) is 6.33 Å². The third-order valence-electron chi connectivity index (χ3n) is 5.53. The van der Waals surface area contributed by atoms with Crippen LogP contribution in [0.2, 0.25) is 10.0 Å². The van der Waals surface area contributed by atoms with Gasteiger partial charge in [-0.05, 0) is 24.3 Å². The van der Waals surface area contributed by atoms with Crippen LogP contribution < -0.4 is 20.5 Å². The number of nitrogens with two attached hydrogens (primary N) is 1. The maximum absolute atomic E-state index is 9.59. The SMILES string of the molecule is COc1cc2c(Nc3ccc(Cl)c(Cl)c3)ncnc2cc1OCC(C#N)CN=C(N)N1CCOCC1. The van der Waals surface area contributed by atoms with Gasteiger partial charge in [-0.1, -0.05) is 23.2 Å². The van der Waals surface area contributed by atoms with Crippen LogP contribution in [0.1, 0.15) is 0 Å². The van der Waals surface area contributed by atoms with Crippen molar-refractivity contribution in [1.82, 2.24) is 14.9 Å². The molecule has 3 N–H and O–H groups in total. The molecule has 1 unspecified atom stereocenters. The fourth-order valence-electron chi connectivity index (χ4n) is 3.56. The lowest BCUT2D eigenvalue weighted by molar-refractivity contribution is 0.0674. The lowest BCUT2D eigenvalue weighted by atomic mass is 10.2. The summed E-state index contributed by atoms with van der Waals surface area (Å²) in [5.74, 6) is 1.39. The predicted octanol–water partition coefficient (Wildman–Crippen LogP) is 3.85. The lowest BCUT2D eigenvalue weighted by Crippen LogP contribution is -2.45. The summed E-state index contributed by atoms with van der Waals surface area (Å²) >= 11 is 12.1. The van der Waals surface area contributed by atoms with Gasteiger partial charge < -0.3 is 30.2 Å². The number of benzene rings is 2. The number of guanidine groups is 1. The summed E-state index contributed by atoms with van der Waals surface area (Å²) in [6.07, 6.45) is 1.44. The van der Waals surface area contributed by atoms with Gasteiger partial charge in [0.2, 0.25) is 0 Å². The standard InChI is InChI=1S/C24H25Cl2N7O3/c1-34-21-9-17-20(30-14-31-23(17)32-16-2-3-18(25)19(26)8-16)10-22(21)36-13-15(11-27)12-29-24(28)33-4-6-35-7-5-33/h2-3,8-10,14-15H,4-7,12-13H2,1H3,(H2,28,29)(H,30,31,32). The summed E-state index contributed by atoms with van der Waals surface area (Å²) in [7, 11) is 1.54. The fourth-order valence-corrected chi connectivity index (χ4v) is 3.86. The van der Waals surface area contributed by atoms with Gasteiger partial charge in [-0.2, -0.15) is 5.26 Å². The molecule has 1 atom stereocenters. The van der Waals surface area contributed by atoms with Crippen LogP contribution in [0, 0.1) is 17.2 Å². The minimum atomic E-state index is -0.498. The number of anilines is 2. The maximum atomic E-state index is 9.59. The summed E-state index contributed by atoms with van der Waals surface area (Å²) < 4.78 is 16.8. The molecule has 2 aromatic carbocycles. The highest BCUT2D eigenvalue weighted by atomic mass is 35.5. The number of nitrogens with one attached hydrogen (secondary N) is 1. The number of halogens is 2. The molecule has 0 aliphatic carbocycles. The molecule has 1 aliphatic rings. The van der Waals surface area contributed by atoms with Crippen LogP contribution in [0.4, 0.5) is 11.5 Å². The Bertz CT molecular complexity index is 1290. The smallest absolute Gasteiger partial charge is 0.191 e. The number of aliphatic imine (C=N–C) groups is 1. The Hall–Kier alpha value is -3.52. The fraction of sp³-hybridized carbons (Fsp3) is 0.333. The minimum absolute atomic E-state index is 0.109. The Morgan fingerprint density at radius 1 is 1.22 bits per heavy atom. The van der Waals surface area contributed by atoms with E-state index in [0.717, 1.165) is 5.69 Å². The molecule has 0 spiro atoms. The Morgan fingerprint density at radius 3 is 2.75 bits per heavy atom. The zero-order chi connectivity index (χ0) is 25.5. The van der Waals surface area contributed by atoms with Crippen LogP contribution in [-0.2, 0) is 4.74 Å². The maximum Gasteiger partial charge on any atom is 0.191 e. The second kappa shape index (κ2) is 11.9. The average molecular weight is 530 g/mol. The van der Waals surface area contributed by atoms with Gasteiger partial charge in [-0.15, -0.1) is 0 Å². The molecular weight excluding hydrogens is 505 g/mol. The minimum Gasteiger partial charge on any atom is -0.493 e. The first-order valence-electron chi connectivity index (χ1n) is 11.2. The molecule has 1 aromatic heterocycles. The molecule has 12 heteroatoms. The number of nitriles is 1. The second-order valence-electron chi connectivity index (χ2n) is 7.93. The molecular formula is C24H25Cl2N7O3. The quantitative estimate of drug-likeness (QED) is 0.329. The van der Waals surface area contributed by atoms with Crippen molar-refractivity contribution < 1.29 is 14.2 Å². The van der Waals surface area contributed by atoms with E-state index < -0.39 is 5.92 Å². The van der Waals surface area contributed by atoms with E-state index in [9.17, 15) is 5.26 Å². The average Bonchev–Trinajstić information content (AvgIpc) is 2.91. The topological polar surface area (TPSA) is 131 Å². The number of fused-ring (bicyclic) bond motifs is 1. The Morgan fingerprint density at radius 2 is 2.03 bits per heavy atom. The third-order valence-corrected chi connectivity index (χ3v) is 6.27. The largest absolute Gasteiger partial charge is 0.493 e. The van der Waals surface area contributed by atoms with Crippen molar-refractivity contribution in [3.8, 4) is 17.6 Å². The highest BCUT2D eigenvalue weighted by Crippen LogP contribution is 2.35. The summed E-state index contributed by atoms with van der Waals surface area (Å²) in [5.41, 5.74) is 7.42. The molecule has 0 saturated carbocycles. The number of methoxy groups -OCH3 is 1. The van der Waals surface area contributed by atoms with Gasteiger partial charge >= 0.3 is 0 Å². The number of hydrogen-bond acceptors (Lipinski definition) is 8. The number of nitrogens with zero attached hydrogens (tertiary/aromatic N) is 5. The molecule has 1 saturated heterocycles. The predicted molar refractivity (Wildman–Crippen MR) is 139 cm³/mol. The molecule has 1 fully saturated rings. The van der Waals surface area contributed by atoms with E-state index in [1.807, 2.05) is 4.90 Å². The van der Waals surface area contributed by atoms with Gasteiger partial charge in [-0.25, -0.2) is 9.97 Å². The van der Waals surface area contributed by atoms with Gasteiger partial charge in [0.15, 0.2) is 17.5 Å². The van der Waals surface area contributed by atoms with Gasteiger partial charge in [0.25, 0.3) is 0 Å². The highest BCUT2D eigenvalue weighted by molar-refractivity contribution is 6.42. The van der Waals surface area contributed by atoms with Crippen LogP contribution in [0.15, 0.2) is 41.7 Å². The van der Waals surface area contributed by atoms with Crippen molar-refractivity contribution in [2.24, 2.45) is 16.6 Å². The monoisotopic (exact) mass is 529 g/mol. The van der Waals surface area contributed by atoms with E-state index in [1.54, 1.807) is 37.4 Å². The highest BCUT2D eigenvalue weighted by Gasteiger charge is 2.16. The molecule has 0 bridgehead atoms. The Kier molecular flexibility index (Phi) is 8.48. The number of aromatic nitrogens is 2. The number of hydrogen-bond donors (Lipinski definition) is 2. The van der Waals surface area contributed by atoms with Crippen molar-refractivity contribution >= 4 is 51.6 Å². The summed E-state index contributed by atoms with van der Waals surface area (Å²) in [6.45, 7) is 2.91. The second-order valence-corrected chi connectivity index (χ2v) is 8.75. The number of ether oxygens (including phenoxy) is 3.